The largest absolute Gasteiger partial charge is 0.480 e. The number of nitro benzene ring substituents is 1. The molecule has 2 aromatic rings. The van der Waals surface area contributed by atoms with Crippen molar-refractivity contribution < 1.29 is 20.0 Å². The Bertz CT molecular complexity index is 862. The quantitative estimate of drug-likeness (QED) is 0.319. The van der Waals surface area contributed by atoms with Gasteiger partial charge in [-0.25, -0.2) is 0 Å². The van der Waals surface area contributed by atoms with E-state index in [1.54, 1.807) is 30.0 Å². The first kappa shape index (κ1) is 20.1. The number of hydrogen-bond donors (Lipinski definition) is 2. The van der Waals surface area contributed by atoms with Gasteiger partial charge in [0.25, 0.3) is 5.69 Å². The average molecular weight is 371 g/mol. The number of aliphatic carboxylic acids is 1. The number of carboxylic acids is 1. The van der Waals surface area contributed by atoms with Gasteiger partial charge in [0.1, 0.15) is 5.71 Å². The van der Waals surface area contributed by atoms with Gasteiger partial charge in [0, 0.05) is 29.3 Å². The third-order valence-electron chi connectivity index (χ3n) is 4.17. The molecular weight excluding hydrogens is 350 g/mol. The summed E-state index contributed by atoms with van der Waals surface area (Å²) >= 11 is 0. The van der Waals surface area contributed by atoms with Crippen molar-refractivity contribution in [2.24, 2.45) is 5.16 Å². The highest BCUT2D eigenvalue weighted by molar-refractivity contribution is 6.12. The average Bonchev–Trinajstić information content (AvgIpc) is 2.63. The van der Waals surface area contributed by atoms with Crippen LogP contribution < -0.4 is 0 Å². The molecule has 0 bridgehead atoms. The number of nitrogens with zero attached hydrogens (tertiary/aromatic N) is 3. The molecule has 2 N–H and O–H groups in total. The first-order valence-electron chi connectivity index (χ1n) is 8.36. The molecule has 27 heavy (non-hydrogen) atoms. The highest BCUT2D eigenvalue weighted by atomic mass is 16.6. The summed E-state index contributed by atoms with van der Waals surface area (Å²) in [7, 11) is 0. The summed E-state index contributed by atoms with van der Waals surface area (Å²) < 4.78 is 0. The molecule has 8 heteroatoms. The fourth-order valence-electron chi connectivity index (χ4n) is 2.74. The predicted molar refractivity (Wildman–Crippen MR) is 100 cm³/mol. The number of nitro groups is 1. The molecule has 0 spiro atoms. The first-order chi connectivity index (χ1) is 12.8. The molecule has 2 rings (SSSR count). The van der Waals surface area contributed by atoms with E-state index in [1.807, 2.05) is 19.1 Å². The lowest BCUT2D eigenvalue weighted by Gasteiger charge is -2.18. The Balaban J connectivity index is 2.45. The molecule has 0 unspecified atom stereocenters. The molecule has 0 saturated carbocycles. The Kier molecular flexibility index (Phi) is 6.62. The second-order valence-electron chi connectivity index (χ2n) is 6.11. The summed E-state index contributed by atoms with van der Waals surface area (Å²) in [4.78, 5) is 23.4. The van der Waals surface area contributed by atoms with Crippen molar-refractivity contribution in [3.05, 3.63) is 74.8 Å². The summed E-state index contributed by atoms with van der Waals surface area (Å²) in [6.07, 6.45) is 0. The molecule has 8 nitrogen and oxygen atoms in total. The second kappa shape index (κ2) is 8.91. The molecule has 0 heterocycles. The van der Waals surface area contributed by atoms with Gasteiger partial charge in [0.2, 0.25) is 0 Å². The van der Waals surface area contributed by atoms with E-state index < -0.39 is 10.9 Å². The highest BCUT2D eigenvalue weighted by Crippen LogP contribution is 2.24. The molecule has 0 saturated heterocycles. The minimum atomic E-state index is -1.01. The van der Waals surface area contributed by atoms with Gasteiger partial charge in [0.15, 0.2) is 0 Å². The van der Waals surface area contributed by atoms with Gasteiger partial charge < -0.3 is 10.3 Å². The van der Waals surface area contributed by atoms with Crippen molar-refractivity contribution in [1.29, 1.82) is 0 Å². The maximum Gasteiger partial charge on any atom is 0.317 e. The van der Waals surface area contributed by atoms with Crippen molar-refractivity contribution in [2.45, 2.75) is 20.4 Å². The lowest BCUT2D eigenvalue weighted by atomic mass is 9.98. The minimum Gasteiger partial charge on any atom is -0.480 e. The molecule has 0 aliphatic heterocycles. The van der Waals surface area contributed by atoms with Crippen molar-refractivity contribution in [2.75, 3.05) is 13.1 Å². The van der Waals surface area contributed by atoms with Gasteiger partial charge in [-0.05, 0) is 25.6 Å². The number of aryl methyl sites for hydroxylation is 1. The third kappa shape index (κ3) is 5.11. The third-order valence-corrected chi connectivity index (χ3v) is 4.17. The van der Waals surface area contributed by atoms with Crippen LogP contribution in [0.5, 0.6) is 0 Å². The van der Waals surface area contributed by atoms with Crippen LogP contribution in [0.25, 0.3) is 0 Å². The van der Waals surface area contributed by atoms with E-state index in [4.69, 9.17) is 5.11 Å². The standard InChI is InChI=1S/C19H21N3O5/c1-3-21(12-18(23)24)11-16-10-15(8-9-17(16)22(26)27)19(20-25)14-6-4-13(2)5-7-14/h4-10,25H,3,11-12H2,1-2H3,(H,23,24)/b20-19-. The molecular formula is C19H21N3O5. The van der Waals surface area contributed by atoms with Crippen molar-refractivity contribution in [1.82, 2.24) is 4.90 Å². The van der Waals surface area contributed by atoms with Gasteiger partial charge in [-0.3, -0.25) is 19.8 Å². The normalized spacial score (nSPS) is 11.6. The van der Waals surface area contributed by atoms with Crippen LogP contribution in [0.15, 0.2) is 47.6 Å². The number of carboxylic acid groups (broad SMARTS) is 1. The van der Waals surface area contributed by atoms with E-state index in [-0.39, 0.29) is 24.5 Å². The van der Waals surface area contributed by atoms with E-state index in [0.717, 1.165) is 5.56 Å². The maximum atomic E-state index is 11.4. The fraction of sp³-hybridized carbons (Fsp3) is 0.263. The zero-order valence-corrected chi connectivity index (χ0v) is 15.1. The number of hydrogen-bond acceptors (Lipinski definition) is 6. The van der Waals surface area contributed by atoms with E-state index >= 15 is 0 Å². The highest BCUT2D eigenvalue weighted by Gasteiger charge is 2.20. The zero-order chi connectivity index (χ0) is 20.0. The lowest BCUT2D eigenvalue weighted by molar-refractivity contribution is -0.385. The van der Waals surface area contributed by atoms with Crippen LogP contribution >= 0.6 is 0 Å². The number of likely N-dealkylation sites (N-methyl/N-ethyl adjacent to an activating group) is 1. The Morgan fingerprint density at radius 1 is 1.19 bits per heavy atom. The van der Waals surface area contributed by atoms with E-state index in [1.165, 1.54) is 12.1 Å². The van der Waals surface area contributed by atoms with Crippen LogP contribution in [0.1, 0.15) is 29.2 Å². The van der Waals surface area contributed by atoms with E-state index in [2.05, 4.69) is 5.16 Å². The van der Waals surface area contributed by atoms with E-state index in [9.17, 15) is 20.1 Å². The summed E-state index contributed by atoms with van der Waals surface area (Å²) in [5.41, 5.74) is 2.76. The number of oxime groups is 1. The zero-order valence-electron chi connectivity index (χ0n) is 15.1. The van der Waals surface area contributed by atoms with Crippen molar-refractivity contribution in [3.63, 3.8) is 0 Å². The Morgan fingerprint density at radius 2 is 1.81 bits per heavy atom. The molecule has 0 amide bonds. The van der Waals surface area contributed by atoms with Crippen LogP contribution in [0, 0.1) is 17.0 Å². The van der Waals surface area contributed by atoms with Gasteiger partial charge in [0.05, 0.1) is 11.5 Å². The molecule has 0 aliphatic rings. The Hall–Kier alpha value is -3.26. The monoisotopic (exact) mass is 371 g/mol. The van der Waals surface area contributed by atoms with Gasteiger partial charge >= 0.3 is 5.97 Å². The van der Waals surface area contributed by atoms with Crippen LogP contribution in [-0.2, 0) is 11.3 Å². The SMILES string of the molecule is CCN(CC(=O)O)Cc1cc(/C(=N\O)c2ccc(C)cc2)ccc1[N+](=O)[O-]. The smallest absolute Gasteiger partial charge is 0.317 e. The molecule has 0 aliphatic carbocycles. The van der Waals surface area contributed by atoms with E-state index in [0.29, 0.717) is 23.2 Å². The van der Waals surface area contributed by atoms with Gasteiger partial charge in [-0.2, -0.15) is 0 Å². The van der Waals surface area contributed by atoms with Crippen LogP contribution in [0.3, 0.4) is 0 Å². The summed E-state index contributed by atoms with van der Waals surface area (Å²) in [5.74, 6) is -1.01. The second-order valence-corrected chi connectivity index (χ2v) is 6.11. The van der Waals surface area contributed by atoms with Gasteiger partial charge in [-0.1, -0.05) is 41.9 Å². The maximum absolute atomic E-state index is 11.4. The molecule has 0 radical (unpaired) electrons. The first-order valence-corrected chi connectivity index (χ1v) is 8.36. The fourth-order valence-corrected chi connectivity index (χ4v) is 2.74. The predicted octanol–water partition coefficient (Wildman–Crippen LogP) is 3.04. The lowest BCUT2D eigenvalue weighted by Crippen LogP contribution is -2.29. The molecule has 142 valence electrons. The molecule has 0 aromatic heterocycles. The number of benzene rings is 2. The topological polar surface area (TPSA) is 116 Å². The summed E-state index contributed by atoms with van der Waals surface area (Å²) in [5, 5.41) is 33.2. The van der Waals surface area contributed by atoms with Crippen molar-refractivity contribution in [3.8, 4) is 0 Å². The molecule has 0 atom stereocenters. The Morgan fingerprint density at radius 3 is 2.33 bits per heavy atom. The van der Waals surface area contributed by atoms with Crippen LogP contribution in [0.4, 0.5) is 5.69 Å². The molecule has 0 fully saturated rings. The van der Waals surface area contributed by atoms with Crippen LogP contribution in [0.2, 0.25) is 0 Å². The van der Waals surface area contributed by atoms with Crippen molar-refractivity contribution >= 4 is 17.4 Å². The summed E-state index contributed by atoms with van der Waals surface area (Å²) in [6.45, 7) is 4.01. The summed E-state index contributed by atoms with van der Waals surface area (Å²) in [6, 6.07) is 11.8. The number of rotatable bonds is 8. The molecule has 2 aromatic carbocycles. The van der Waals surface area contributed by atoms with Gasteiger partial charge in [-0.15, -0.1) is 0 Å². The minimum absolute atomic E-state index is 0.0968. The Labute approximate surface area is 156 Å². The van der Waals surface area contributed by atoms with Crippen LogP contribution in [-0.4, -0.2) is 44.9 Å². The number of carbonyl (C=O) groups is 1.